The molecule has 3 aromatic rings. The van der Waals surface area contributed by atoms with Crippen molar-refractivity contribution < 1.29 is 26.4 Å². The number of hydrogen-bond donors (Lipinski definition) is 2. The molecular formula is C18H15BrF3N5O3S2. The number of alkyl halides is 3. The summed E-state index contributed by atoms with van der Waals surface area (Å²) in [7, 11) is -3.84. The Labute approximate surface area is 193 Å². The van der Waals surface area contributed by atoms with Crippen LogP contribution in [0.1, 0.15) is 30.1 Å². The predicted molar refractivity (Wildman–Crippen MR) is 115 cm³/mol. The Morgan fingerprint density at radius 2 is 1.94 bits per heavy atom. The van der Waals surface area contributed by atoms with Crippen molar-refractivity contribution in [2.45, 2.75) is 36.4 Å². The molecular weight excluding hydrogens is 535 g/mol. The van der Waals surface area contributed by atoms with Crippen LogP contribution in [0.3, 0.4) is 0 Å². The molecule has 0 spiro atoms. The van der Waals surface area contributed by atoms with Crippen molar-refractivity contribution in [3.05, 3.63) is 51.7 Å². The summed E-state index contributed by atoms with van der Waals surface area (Å²) in [5.74, 6) is -0.664. The third-order valence-corrected chi connectivity index (χ3v) is 7.51. The fourth-order valence-corrected chi connectivity index (χ4v) is 5.62. The van der Waals surface area contributed by atoms with E-state index in [1.54, 1.807) is 5.38 Å². The maximum atomic E-state index is 13.2. The van der Waals surface area contributed by atoms with Gasteiger partial charge in [0.05, 0.1) is 15.1 Å². The molecule has 1 saturated carbocycles. The van der Waals surface area contributed by atoms with Crippen LogP contribution in [0.4, 0.5) is 24.0 Å². The number of halogens is 4. The van der Waals surface area contributed by atoms with E-state index in [4.69, 9.17) is 0 Å². The summed E-state index contributed by atoms with van der Waals surface area (Å²) in [5.41, 5.74) is -0.421. The van der Waals surface area contributed by atoms with Crippen LogP contribution < -0.4 is 10.0 Å². The van der Waals surface area contributed by atoms with Crippen LogP contribution in [0.2, 0.25) is 0 Å². The van der Waals surface area contributed by atoms with Crippen LogP contribution in [0.25, 0.3) is 0 Å². The molecule has 0 atom stereocenters. The van der Waals surface area contributed by atoms with Crippen molar-refractivity contribution >= 4 is 54.0 Å². The SMILES string of the molecule is O=C(Cn1nc(C(F)(F)F)c(Br)c1C1CC1)Nc1ccc(S(=O)(=O)Nc2nccs2)cc1. The van der Waals surface area contributed by atoms with Gasteiger partial charge in [0.15, 0.2) is 10.8 Å². The molecule has 1 fully saturated rings. The van der Waals surface area contributed by atoms with E-state index in [0.717, 1.165) is 28.9 Å². The smallest absolute Gasteiger partial charge is 0.324 e. The standard InChI is InChI=1S/C18H15BrF3N5O3S2/c19-14-15(10-1-2-10)27(25-16(14)18(20,21)22)9-13(28)24-11-3-5-12(6-4-11)32(29,30)26-17-23-7-8-31-17/h3-8,10H,1-2,9H2,(H,23,26)(H,24,28). The van der Waals surface area contributed by atoms with Gasteiger partial charge in [-0.15, -0.1) is 11.3 Å². The Kier molecular flexibility index (Phi) is 6.02. The minimum absolute atomic E-state index is 0.0347. The molecule has 0 radical (unpaired) electrons. The summed E-state index contributed by atoms with van der Waals surface area (Å²) in [6.07, 6.45) is -1.72. The zero-order chi connectivity index (χ0) is 23.1. The van der Waals surface area contributed by atoms with E-state index in [9.17, 15) is 26.4 Å². The van der Waals surface area contributed by atoms with Crippen molar-refractivity contribution in [1.29, 1.82) is 0 Å². The number of carbonyl (C=O) groups is 1. The number of nitrogens with one attached hydrogen (secondary N) is 2. The topological polar surface area (TPSA) is 106 Å². The molecule has 1 aromatic carbocycles. The quantitative estimate of drug-likeness (QED) is 0.453. The highest BCUT2D eigenvalue weighted by atomic mass is 79.9. The van der Waals surface area contributed by atoms with Crippen LogP contribution >= 0.6 is 27.3 Å². The van der Waals surface area contributed by atoms with E-state index in [-0.39, 0.29) is 20.4 Å². The molecule has 170 valence electrons. The second-order valence-corrected chi connectivity index (χ2v) is 10.4. The lowest BCUT2D eigenvalue weighted by molar-refractivity contribution is -0.142. The highest BCUT2D eigenvalue weighted by Gasteiger charge is 2.42. The number of amides is 1. The first-order valence-corrected chi connectivity index (χ1v) is 12.4. The number of carbonyl (C=O) groups excluding carboxylic acids is 1. The summed E-state index contributed by atoms with van der Waals surface area (Å²) >= 11 is 4.11. The van der Waals surface area contributed by atoms with Crippen LogP contribution in [-0.4, -0.2) is 29.1 Å². The van der Waals surface area contributed by atoms with Gasteiger partial charge in [-0.2, -0.15) is 18.3 Å². The average molecular weight is 550 g/mol. The van der Waals surface area contributed by atoms with Gasteiger partial charge in [0, 0.05) is 23.2 Å². The summed E-state index contributed by atoms with van der Waals surface area (Å²) in [5, 5.41) is 7.99. The van der Waals surface area contributed by atoms with Gasteiger partial charge in [0.2, 0.25) is 5.91 Å². The van der Waals surface area contributed by atoms with Crippen molar-refractivity contribution in [2.75, 3.05) is 10.0 Å². The summed E-state index contributed by atoms with van der Waals surface area (Å²) < 4.78 is 67.6. The molecule has 1 amide bonds. The first kappa shape index (κ1) is 22.7. The van der Waals surface area contributed by atoms with Crippen molar-refractivity contribution in [1.82, 2.24) is 14.8 Å². The van der Waals surface area contributed by atoms with Gasteiger partial charge in [0.1, 0.15) is 6.54 Å². The summed E-state index contributed by atoms with van der Waals surface area (Å²) in [6, 6.07) is 5.37. The Morgan fingerprint density at radius 1 is 1.25 bits per heavy atom. The Bertz CT molecular complexity index is 1240. The number of anilines is 2. The largest absolute Gasteiger partial charge is 0.436 e. The van der Waals surface area contributed by atoms with E-state index in [1.807, 2.05) is 0 Å². The van der Waals surface area contributed by atoms with Gasteiger partial charge in [-0.05, 0) is 53.0 Å². The summed E-state index contributed by atoms with van der Waals surface area (Å²) in [6.45, 7) is -0.411. The lowest BCUT2D eigenvalue weighted by Crippen LogP contribution is -2.21. The molecule has 14 heteroatoms. The highest BCUT2D eigenvalue weighted by Crippen LogP contribution is 2.46. The molecule has 32 heavy (non-hydrogen) atoms. The predicted octanol–water partition coefficient (Wildman–Crippen LogP) is 4.44. The fourth-order valence-electron chi connectivity index (χ4n) is 3.00. The number of hydrogen-bond acceptors (Lipinski definition) is 6. The van der Waals surface area contributed by atoms with Crippen LogP contribution in [-0.2, 0) is 27.5 Å². The Balaban J connectivity index is 1.46. The minimum atomic E-state index is -4.64. The van der Waals surface area contributed by atoms with Crippen LogP contribution in [0.5, 0.6) is 0 Å². The third kappa shape index (κ3) is 4.96. The average Bonchev–Trinajstić information content (AvgIpc) is 3.30. The lowest BCUT2D eigenvalue weighted by atomic mass is 10.2. The molecule has 1 aliphatic rings. The van der Waals surface area contributed by atoms with Crippen molar-refractivity contribution in [3.8, 4) is 0 Å². The van der Waals surface area contributed by atoms with Crippen molar-refractivity contribution in [3.63, 3.8) is 0 Å². The van der Waals surface area contributed by atoms with E-state index in [0.29, 0.717) is 11.4 Å². The van der Waals surface area contributed by atoms with Gasteiger partial charge in [-0.3, -0.25) is 14.2 Å². The number of sulfonamides is 1. The van der Waals surface area contributed by atoms with Crippen LogP contribution in [0, 0.1) is 0 Å². The second kappa shape index (κ2) is 8.48. The zero-order valence-corrected chi connectivity index (χ0v) is 19.3. The second-order valence-electron chi connectivity index (χ2n) is 6.99. The number of rotatable bonds is 7. The first-order chi connectivity index (χ1) is 15.0. The molecule has 1 aliphatic carbocycles. The summed E-state index contributed by atoms with van der Waals surface area (Å²) in [4.78, 5) is 16.3. The van der Waals surface area contributed by atoms with Crippen molar-refractivity contribution in [2.24, 2.45) is 0 Å². The highest BCUT2D eigenvalue weighted by molar-refractivity contribution is 9.10. The van der Waals surface area contributed by atoms with Crippen LogP contribution in [0.15, 0.2) is 45.2 Å². The van der Waals surface area contributed by atoms with Gasteiger partial charge in [-0.1, -0.05) is 0 Å². The Morgan fingerprint density at radius 3 is 2.50 bits per heavy atom. The molecule has 2 heterocycles. The first-order valence-electron chi connectivity index (χ1n) is 9.20. The normalized spacial score (nSPS) is 14.4. The van der Waals surface area contributed by atoms with Gasteiger partial charge >= 0.3 is 6.18 Å². The third-order valence-electron chi connectivity index (χ3n) is 4.56. The van der Waals surface area contributed by atoms with Gasteiger partial charge < -0.3 is 5.32 Å². The lowest BCUT2D eigenvalue weighted by Gasteiger charge is -2.10. The zero-order valence-electron chi connectivity index (χ0n) is 16.1. The van der Waals surface area contributed by atoms with Gasteiger partial charge in [0.25, 0.3) is 10.0 Å². The number of aromatic nitrogens is 3. The fraction of sp³-hybridized carbons (Fsp3) is 0.278. The minimum Gasteiger partial charge on any atom is -0.324 e. The number of benzene rings is 1. The van der Waals surface area contributed by atoms with E-state index < -0.39 is 34.3 Å². The number of thiazole rings is 1. The Hall–Kier alpha value is -2.45. The van der Waals surface area contributed by atoms with E-state index in [2.05, 4.69) is 36.1 Å². The molecule has 0 unspecified atom stereocenters. The van der Waals surface area contributed by atoms with Gasteiger partial charge in [-0.25, -0.2) is 13.4 Å². The molecule has 0 aliphatic heterocycles. The van der Waals surface area contributed by atoms with E-state index >= 15 is 0 Å². The number of nitrogens with zero attached hydrogens (tertiary/aromatic N) is 3. The monoisotopic (exact) mass is 549 g/mol. The molecule has 0 saturated heterocycles. The molecule has 2 aromatic heterocycles. The molecule has 0 bridgehead atoms. The molecule has 4 rings (SSSR count). The maximum Gasteiger partial charge on any atom is 0.436 e. The molecule has 2 N–H and O–H groups in total. The van der Waals surface area contributed by atoms with E-state index in [1.165, 1.54) is 30.5 Å². The maximum absolute atomic E-state index is 13.2. The molecule has 8 nitrogen and oxygen atoms in total.